The number of nitrogens with zero attached hydrogens (tertiary/aromatic N) is 15. The molecule has 9 heterocycles. The first kappa shape index (κ1) is 62.1. The first-order chi connectivity index (χ1) is 41.2. The number of H-pyrrole nitrogens is 1. The smallest absolute Gasteiger partial charge is 0.451 e. The van der Waals surface area contributed by atoms with Crippen LogP contribution in [0.3, 0.4) is 0 Å². The van der Waals surface area contributed by atoms with E-state index < -0.39 is 48.0 Å². The topological polar surface area (TPSA) is 226 Å². The van der Waals surface area contributed by atoms with Crippen molar-refractivity contribution < 1.29 is 71.3 Å². The van der Waals surface area contributed by atoms with E-state index >= 15 is 0 Å². The van der Waals surface area contributed by atoms with E-state index in [1.54, 1.807) is 85.1 Å². The van der Waals surface area contributed by atoms with Crippen LogP contribution < -0.4 is 14.2 Å². The van der Waals surface area contributed by atoms with Gasteiger partial charge < -0.3 is 37.3 Å². The lowest BCUT2D eigenvalue weighted by atomic mass is 10.2. The molecular formula is C52H35Cl3F12N16O4. The third kappa shape index (κ3) is 14.6. The van der Waals surface area contributed by atoms with Gasteiger partial charge in [0.2, 0.25) is 23.3 Å². The molecular weight excluding hydrogens is 1250 g/mol. The number of halogens is 15. The quantitative estimate of drug-likeness (QED) is 0.0992. The molecule has 0 aliphatic heterocycles. The summed E-state index contributed by atoms with van der Waals surface area (Å²) in [6.45, 7) is 0.965. The van der Waals surface area contributed by atoms with Crippen molar-refractivity contribution in [3.05, 3.63) is 172 Å². The number of imidazole rings is 4. The molecule has 3 aromatic carbocycles. The average molecular weight is 1280 g/mol. The molecule has 1 N–H and O–H groups in total. The summed E-state index contributed by atoms with van der Waals surface area (Å²) in [6, 6.07) is 24.7. The molecule has 0 fully saturated rings. The lowest BCUT2D eigenvalue weighted by molar-refractivity contribution is -0.145. The molecule has 0 atom stereocenters. The molecule has 452 valence electrons. The van der Waals surface area contributed by atoms with Crippen molar-refractivity contribution in [2.45, 2.75) is 44.3 Å². The Morgan fingerprint density at radius 3 is 1.33 bits per heavy atom. The minimum Gasteiger partial charge on any atom is -0.497 e. The number of methoxy groups -OCH3 is 3. The molecule has 0 aliphatic carbocycles. The van der Waals surface area contributed by atoms with Crippen LogP contribution in [0.15, 0.2) is 121 Å². The standard InChI is InChI=1S/C18H13F3N4O2.2C14H10ClF3N4O.C6H2ClF3N4/c1-26-12-6-4-11(5-7-12)9-25-10-22-15-14(13-3-2-8-27-13)23-17(18(19,20)21)24-16(15)25;1-23-9-4-2-8(3-5-9)6-22-7-19-12-10(22)11(15)20-13(21-12)14(16,17)18;1-23-9-4-2-8(3-5-9)6-22-7-19-10-11(15)20-13(14(16,17)18)21-12(10)22;7-3-2-4(12-1-11-2)14-5(13-3)6(8,9)10/h2-8,10H,9H2,1H3;2*2-5,7H,6H2,1H3;1H,(H,11,12,13,14). The summed E-state index contributed by atoms with van der Waals surface area (Å²) in [7, 11) is 4.67. The van der Waals surface area contributed by atoms with Gasteiger partial charge in [-0.15, -0.1) is 0 Å². The highest BCUT2D eigenvalue weighted by Crippen LogP contribution is 2.35. The van der Waals surface area contributed by atoms with Crippen LogP contribution in [0.2, 0.25) is 15.5 Å². The summed E-state index contributed by atoms with van der Waals surface area (Å²) in [5.74, 6) is -2.83. The van der Waals surface area contributed by atoms with E-state index in [0.29, 0.717) is 36.9 Å². The van der Waals surface area contributed by atoms with Crippen molar-refractivity contribution in [1.82, 2.24) is 78.5 Å². The van der Waals surface area contributed by atoms with Crippen molar-refractivity contribution in [2.75, 3.05) is 21.3 Å². The summed E-state index contributed by atoms with van der Waals surface area (Å²) >= 11 is 17.2. The van der Waals surface area contributed by atoms with Gasteiger partial charge in [-0.1, -0.05) is 71.2 Å². The highest BCUT2D eigenvalue weighted by atomic mass is 35.5. The molecule has 0 saturated heterocycles. The van der Waals surface area contributed by atoms with Crippen LogP contribution in [0.1, 0.15) is 40.0 Å². The molecule has 20 nitrogen and oxygen atoms in total. The van der Waals surface area contributed by atoms with Gasteiger partial charge in [0, 0.05) is 6.54 Å². The number of hydrogen-bond donors (Lipinski definition) is 1. The number of furan rings is 1. The molecule has 0 saturated carbocycles. The Balaban J connectivity index is 0.000000141. The van der Waals surface area contributed by atoms with E-state index in [1.807, 2.05) is 24.3 Å². The van der Waals surface area contributed by atoms with Crippen molar-refractivity contribution in [2.24, 2.45) is 0 Å². The molecule has 0 spiro atoms. The Hall–Kier alpha value is -9.43. The number of aromatic amines is 1. The van der Waals surface area contributed by atoms with Crippen LogP contribution in [-0.4, -0.2) is 99.8 Å². The number of rotatable bonds is 10. The number of nitrogens with one attached hydrogen (secondary N) is 1. The molecule has 0 bridgehead atoms. The fourth-order valence-electron chi connectivity index (χ4n) is 7.81. The van der Waals surface area contributed by atoms with Crippen LogP contribution in [-0.2, 0) is 44.3 Å². The maximum absolute atomic E-state index is 13.3. The predicted octanol–water partition coefficient (Wildman–Crippen LogP) is 13.3. The second kappa shape index (κ2) is 25.3. The number of alkyl halides is 12. The molecule has 9 aromatic heterocycles. The van der Waals surface area contributed by atoms with E-state index in [-0.39, 0.29) is 71.6 Å². The number of hydrogen-bond acceptors (Lipinski definition) is 16. The van der Waals surface area contributed by atoms with Crippen LogP contribution in [0, 0.1) is 0 Å². The fraction of sp³-hybridized carbons (Fsp3) is 0.192. The molecule has 12 rings (SSSR count). The van der Waals surface area contributed by atoms with Gasteiger partial charge in [-0.2, -0.15) is 52.7 Å². The van der Waals surface area contributed by atoms with Crippen molar-refractivity contribution in [3.63, 3.8) is 0 Å². The fourth-order valence-corrected chi connectivity index (χ4v) is 8.52. The molecule has 12 aromatic rings. The maximum Gasteiger partial charge on any atom is 0.451 e. The van der Waals surface area contributed by atoms with Gasteiger partial charge in [-0.25, -0.2) is 59.8 Å². The highest BCUT2D eigenvalue weighted by molar-refractivity contribution is 6.34. The van der Waals surface area contributed by atoms with E-state index in [9.17, 15) is 52.7 Å². The molecule has 35 heteroatoms. The van der Waals surface area contributed by atoms with Crippen LogP contribution in [0.4, 0.5) is 52.7 Å². The maximum atomic E-state index is 13.3. The third-order valence-corrected chi connectivity index (χ3v) is 12.7. The Bertz CT molecular complexity index is 4330. The Kier molecular flexibility index (Phi) is 18.0. The van der Waals surface area contributed by atoms with Gasteiger partial charge in [0.05, 0.1) is 66.0 Å². The second-order valence-corrected chi connectivity index (χ2v) is 18.7. The van der Waals surface area contributed by atoms with Gasteiger partial charge >= 0.3 is 24.7 Å². The van der Waals surface area contributed by atoms with Crippen molar-refractivity contribution >= 4 is 79.5 Å². The van der Waals surface area contributed by atoms with Gasteiger partial charge in [-0.05, 0) is 65.2 Å². The predicted molar refractivity (Wildman–Crippen MR) is 287 cm³/mol. The van der Waals surface area contributed by atoms with Crippen molar-refractivity contribution in [3.8, 4) is 28.7 Å². The van der Waals surface area contributed by atoms with E-state index in [0.717, 1.165) is 16.7 Å². The molecule has 0 aliphatic rings. The number of fused-ring (bicyclic) bond motifs is 4. The molecule has 0 unspecified atom stereocenters. The molecule has 0 radical (unpaired) electrons. The minimum atomic E-state index is -4.69. The van der Waals surface area contributed by atoms with Gasteiger partial charge in [0.25, 0.3) is 0 Å². The normalized spacial score (nSPS) is 11.9. The van der Waals surface area contributed by atoms with Gasteiger partial charge in [-0.3, -0.25) is 0 Å². The largest absolute Gasteiger partial charge is 0.497 e. The zero-order valence-corrected chi connectivity index (χ0v) is 46.4. The monoisotopic (exact) mass is 1280 g/mol. The van der Waals surface area contributed by atoms with Crippen LogP contribution in [0.25, 0.3) is 56.1 Å². The first-order valence-corrected chi connectivity index (χ1v) is 25.4. The summed E-state index contributed by atoms with van der Waals surface area (Å²) < 4.78 is 178. The number of ether oxygens (including phenoxy) is 3. The first-order valence-electron chi connectivity index (χ1n) is 24.3. The van der Waals surface area contributed by atoms with Gasteiger partial charge in [0.1, 0.15) is 45.0 Å². The Morgan fingerprint density at radius 2 is 0.862 bits per heavy atom. The SMILES string of the molecule is COc1ccc(Cn2cnc3c(-c4ccco4)nc(C(F)(F)F)nc32)cc1.COc1ccc(Cn2cnc3c(Cl)nc(C(F)(F)F)nc32)cc1.COc1ccc(Cn2cnc3nc(C(F)(F)F)nc(Cl)c32)cc1.FC(F)(F)c1nc(Cl)c2[nH]cnc2n1. The zero-order valence-electron chi connectivity index (χ0n) is 44.1. The van der Waals surface area contributed by atoms with Crippen LogP contribution in [0.5, 0.6) is 17.2 Å². The Morgan fingerprint density at radius 1 is 0.448 bits per heavy atom. The van der Waals surface area contributed by atoms with Gasteiger partial charge in [0.15, 0.2) is 43.8 Å². The van der Waals surface area contributed by atoms with Crippen LogP contribution >= 0.6 is 34.8 Å². The number of aromatic nitrogens is 16. The summed E-state index contributed by atoms with van der Waals surface area (Å²) in [4.78, 5) is 45.4. The lowest BCUT2D eigenvalue weighted by Crippen LogP contribution is -2.13. The van der Waals surface area contributed by atoms with Crippen molar-refractivity contribution in [1.29, 1.82) is 0 Å². The summed E-state index contributed by atoms with van der Waals surface area (Å²) in [5, 5.41) is -0.899. The lowest BCUT2D eigenvalue weighted by Gasteiger charge is -2.09. The Labute approximate surface area is 493 Å². The summed E-state index contributed by atoms with van der Waals surface area (Å²) in [6.07, 6.45) is -11.9. The molecule has 0 amide bonds. The van der Waals surface area contributed by atoms with E-state index in [4.69, 9.17) is 53.4 Å². The second-order valence-electron chi connectivity index (χ2n) is 17.7. The minimum absolute atomic E-state index is 0.00538. The zero-order chi connectivity index (χ0) is 62.6. The molecule has 87 heavy (non-hydrogen) atoms. The van der Waals surface area contributed by atoms with E-state index in [2.05, 4.69) is 64.8 Å². The van der Waals surface area contributed by atoms with E-state index in [1.165, 1.54) is 42.2 Å². The average Bonchev–Trinajstić information content (AvgIpc) is 1.81. The number of benzene rings is 3. The summed E-state index contributed by atoms with van der Waals surface area (Å²) in [5.41, 5.74) is 3.38. The highest BCUT2D eigenvalue weighted by Gasteiger charge is 2.39. The third-order valence-electron chi connectivity index (χ3n) is 11.9.